The van der Waals surface area contributed by atoms with Crippen LogP contribution in [0.4, 0.5) is 0 Å². The molecule has 2 aromatic heterocycles. The number of para-hydroxylation sites is 2. The number of aromatic nitrogens is 2. The predicted octanol–water partition coefficient (Wildman–Crippen LogP) is 4.21. The van der Waals surface area contributed by atoms with Gasteiger partial charge in [-0.2, -0.15) is 0 Å². The molecule has 5 nitrogen and oxygen atoms in total. The van der Waals surface area contributed by atoms with E-state index in [4.69, 9.17) is 4.42 Å². The molecule has 2 heterocycles. The Balaban J connectivity index is 1.50. The van der Waals surface area contributed by atoms with Gasteiger partial charge >= 0.3 is 0 Å². The second-order valence-corrected chi connectivity index (χ2v) is 6.67. The quantitative estimate of drug-likeness (QED) is 0.581. The zero-order chi connectivity index (χ0) is 18.3. The lowest BCUT2D eigenvalue weighted by molar-refractivity contribution is 0.0927. The van der Waals surface area contributed by atoms with E-state index in [2.05, 4.69) is 21.4 Å². The number of furan rings is 1. The fraction of sp³-hybridized carbons (Fsp3) is 0.238. The van der Waals surface area contributed by atoms with E-state index in [0.717, 1.165) is 44.5 Å². The lowest BCUT2D eigenvalue weighted by Crippen LogP contribution is -2.26. The second kappa shape index (κ2) is 6.33. The molecule has 0 fully saturated rings. The largest absolute Gasteiger partial charge is 0.450 e. The van der Waals surface area contributed by atoms with Gasteiger partial charge < -0.3 is 14.7 Å². The number of rotatable bonds is 4. The van der Waals surface area contributed by atoms with Crippen molar-refractivity contribution in [2.45, 2.75) is 27.2 Å². The smallest absolute Gasteiger partial charge is 0.287 e. The van der Waals surface area contributed by atoms with Crippen molar-refractivity contribution >= 4 is 27.9 Å². The van der Waals surface area contributed by atoms with Gasteiger partial charge in [-0.1, -0.05) is 24.3 Å². The molecule has 26 heavy (non-hydrogen) atoms. The van der Waals surface area contributed by atoms with Crippen LogP contribution in [0.5, 0.6) is 0 Å². The number of benzene rings is 2. The Labute approximate surface area is 151 Å². The highest BCUT2D eigenvalue weighted by molar-refractivity contribution is 6.00. The van der Waals surface area contributed by atoms with E-state index in [1.54, 1.807) is 0 Å². The highest BCUT2D eigenvalue weighted by Gasteiger charge is 2.19. The van der Waals surface area contributed by atoms with Gasteiger partial charge in [0, 0.05) is 23.9 Å². The number of hydrogen-bond donors (Lipinski definition) is 2. The van der Waals surface area contributed by atoms with Crippen LogP contribution in [0.1, 0.15) is 33.1 Å². The van der Waals surface area contributed by atoms with E-state index in [0.29, 0.717) is 18.7 Å². The van der Waals surface area contributed by atoms with Crippen LogP contribution in [0.25, 0.3) is 22.0 Å². The molecular weight excluding hydrogens is 326 g/mol. The van der Waals surface area contributed by atoms with Gasteiger partial charge in [0.15, 0.2) is 5.76 Å². The number of carbonyl (C=O) groups is 1. The maximum Gasteiger partial charge on any atom is 0.287 e. The number of hydrogen-bond acceptors (Lipinski definition) is 3. The maximum atomic E-state index is 12.6. The Kier molecular flexibility index (Phi) is 3.99. The standard InChI is InChI=1S/C21H21N3O2/c1-12-8-9-13(2)19-18(12)14(3)20(26-19)21(25)22-11-10-17-23-15-6-4-5-7-16(15)24-17/h4-9H,10-11H2,1-3H3,(H,22,25)(H,23,24). The van der Waals surface area contributed by atoms with Crippen molar-refractivity contribution in [1.29, 1.82) is 0 Å². The third kappa shape index (κ3) is 2.75. The molecule has 4 aromatic rings. The molecule has 0 radical (unpaired) electrons. The van der Waals surface area contributed by atoms with Crippen molar-refractivity contribution in [1.82, 2.24) is 15.3 Å². The van der Waals surface area contributed by atoms with E-state index in [1.807, 2.05) is 51.1 Å². The van der Waals surface area contributed by atoms with Gasteiger partial charge in [-0.15, -0.1) is 0 Å². The van der Waals surface area contributed by atoms with E-state index in [-0.39, 0.29) is 5.91 Å². The molecule has 5 heteroatoms. The minimum atomic E-state index is -0.186. The maximum absolute atomic E-state index is 12.6. The summed E-state index contributed by atoms with van der Waals surface area (Å²) in [5, 5.41) is 3.97. The van der Waals surface area contributed by atoms with Gasteiger partial charge in [-0.3, -0.25) is 4.79 Å². The third-order valence-electron chi connectivity index (χ3n) is 4.77. The van der Waals surface area contributed by atoms with Crippen molar-refractivity contribution in [3.05, 3.63) is 64.7 Å². The summed E-state index contributed by atoms with van der Waals surface area (Å²) < 4.78 is 5.89. The Morgan fingerprint density at radius 1 is 1.12 bits per heavy atom. The highest BCUT2D eigenvalue weighted by Crippen LogP contribution is 2.30. The van der Waals surface area contributed by atoms with E-state index in [1.165, 1.54) is 0 Å². The van der Waals surface area contributed by atoms with Crippen molar-refractivity contribution in [2.24, 2.45) is 0 Å². The Morgan fingerprint density at radius 2 is 1.88 bits per heavy atom. The molecule has 0 aliphatic heterocycles. The average Bonchev–Trinajstić information content (AvgIpc) is 3.19. The molecule has 4 rings (SSSR count). The molecule has 0 atom stereocenters. The summed E-state index contributed by atoms with van der Waals surface area (Å²) in [6.07, 6.45) is 0.637. The van der Waals surface area contributed by atoms with E-state index < -0.39 is 0 Å². The molecule has 0 saturated heterocycles. The van der Waals surface area contributed by atoms with Crippen LogP contribution in [-0.2, 0) is 6.42 Å². The number of amides is 1. The lowest BCUT2D eigenvalue weighted by Gasteiger charge is -2.02. The number of carbonyl (C=O) groups excluding carboxylic acids is 1. The molecule has 2 N–H and O–H groups in total. The SMILES string of the molecule is Cc1ccc(C)c2c(C)c(C(=O)NCCc3nc4ccccc4[nH]3)oc12. The van der Waals surface area contributed by atoms with Gasteiger partial charge in [-0.05, 0) is 44.0 Å². The first-order valence-electron chi connectivity index (χ1n) is 8.75. The number of fused-ring (bicyclic) bond motifs is 2. The summed E-state index contributed by atoms with van der Waals surface area (Å²) in [6.45, 7) is 6.46. The van der Waals surface area contributed by atoms with Crippen molar-refractivity contribution in [3.8, 4) is 0 Å². The van der Waals surface area contributed by atoms with Crippen molar-refractivity contribution < 1.29 is 9.21 Å². The summed E-state index contributed by atoms with van der Waals surface area (Å²) in [5.41, 5.74) is 5.79. The molecule has 0 aliphatic carbocycles. The van der Waals surface area contributed by atoms with Gasteiger partial charge in [0.05, 0.1) is 11.0 Å². The average molecular weight is 347 g/mol. The number of aryl methyl sites for hydroxylation is 3. The van der Waals surface area contributed by atoms with Crippen LogP contribution in [0.15, 0.2) is 40.8 Å². The van der Waals surface area contributed by atoms with Gasteiger partial charge in [0.2, 0.25) is 0 Å². The summed E-state index contributed by atoms with van der Waals surface area (Å²) in [5.74, 6) is 1.06. The number of imidazole rings is 1. The van der Waals surface area contributed by atoms with E-state index >= 15 is 0 Å². The molecule has 1 amide bonds. The molecular formula is C21H21N3O2. The number of nitrogens with one attached hydrogen (secondary N) is 2. The van der Waals surface area contributed by atoms with Crippen LogP contribution >= 0.6 is 0 Å². The van der Waals surface area contributed by atoms with Gasteiger partial charge in [-0.25, -0.2) is 4.98 Å². The fourth-order valence-electron chi connectivity index (χ4n) is 3.39. The Morgan fingerprint density at radius 3 is 2.65 bits per heavy atom. The molecule has 0 aliphatic rings. The first kappa shape index (κ1) is 16.4. The zero-order valence-electron chi connectivity index (χ0n) is 15.1. The summed E-state index contributed by atoms with van der Waals surface area (Å²) in [6, 6.07) is 12.0. The molecule has 0 saturated carbocycles. The summed E-state index contributed by atoms with van der Waals surface area (Å²) in [7, 11) is 0. The fourth-order valence-corrected chi connectivity index (χ4v) is 3.39. The van der Waals surface area contributed by atoms with E-state index in [9.17, 15) is 4.79 Å². The van der Waals surface area contributed by atoms with Gasteiger partial charge in [0.25, 0.3) is 5.91 Å². The monoisotopic (exact) mass is 347 g/mol. The lowest BCUT2D eigenvalue weighted by atomic mass is 10.0. The number of H-pyrrole nitrogens is 1. The van der Waals surface area contributed by atoms with Crippen LogP contribution < -0.4 is 5.32 Å². The van der Waals surface area contributed by atoms with Crippen LogP contribution in [-0.4, -0.2) is 22.4 Å². The van der Waals surface area contributed by atoms with Crippen LogP contribution in [0.2, 0.25) is 0 Å². The van der Waals surface area contributed by atoms with Crippen molar-refractivity contribution in [2.75, 3.05) is 6.54 Å². The Bertz CT molecular complexity index is 1090. The van der Waals surface area contributed by atoms with Gasteiger partial charge in [0.1, 0.15) is 11.4 Å². The first-order chi connectivity index (χ1) is 12.5. The Hall–Kier alpha value is -3.08. The normalized spacial score (nSPS) is 11.3. The first-order valence-corrected chi connectivity index (χ1v) is 8.75. The zero-order valence-corrected chi connectivity index (χ0v) is 15.1. The summed E-state index contributed by atoms with van der Waals surface area (Å²) in [4.78, 5) is 20.4. The minimum Gasteiger partial charge on any atom is -0.450 e. The molecule has 0 spiro atoms. The topological polar surface area (TPSA) is 70.9 Å². The van der Waals surface area contributed by atoms with Crippen LogP contribution in [0, 0.1) is 20.8 Å². The molecule has 2 aromatic carbocycles. The van der Waals surface area contributed by atoms with Crippen LogP contribution in [0.3, 0.4) is 0 Å². The predicted molar refractivity (Wildman–Crippen MR) is 103 cm³/mol. The highest BCUT2D eigenvalue weighted by atomic mass is 16.3. The molecule has 132 valence electrons. The number of aromatic amines is 1. The second-order valence-electron chi connectivity index (χ2n) is 6.67. The van der Waals surface area contributed by atoms with Crippen molar-refractivity contribution in [3.63, 3.8) is 0 Å². The minimum absolute atomic E-state index is 0.186. The summed E-state index contributed by atoms with van der Waals surface area (Å²) >= 11 is 0. The molecule has 0 bridgehead atoms. The third-order valence-corrected chi connectivity index (χ3v) is 4.77. The number of nitrogens with zero attached hydrogens (tertiary/aromatic N) is 1. The molecule has 0 unspecified atom stereocenters.